The molecule has 0 bridgehead atoms. The zero-order valence-corrected chi connectivity index (χ0v) is 13.4. The van der Waals surface area contributed by atoms with Gasteiger partial charge in [0.25, 0.3) is 0 Å². The van der Waals surface area contributed by atoms with Gasteiger partial charge in [-0.15, -0.1) is 0 Å². The fourth-order valence-corrected chi connectivity index (χ4v) is 3.43. The van der Waals surface area contributed by atoms with Crippen LogP contribution in [-0.4, -0.2) is 47.1 Å². The Hall–Kier alpha value is -1.46. The predicted octanol–water partition coefficient (Wildman–Crippen LogP) is 1.59. The number of nitrogens with zero attached hydrogens (tertiary/aromatic N) is 2. The summed E-state index contributed by atoms with van der Waals surface area (Å²) in [5.74, 6) is 0.571. The van der Waals surface area contributed by atoms with Gasteiger partial charge in [0.05, 0.1) is 6.10 Å². The van der Waals surface area contributed by atoms with E-state index in [1.165, 1.54) is 5.56 Å². The van der Waals surface area contributed by atoms with E-state index >= 15 is 0 Å². The number of hydrogen-bond acceptors (Lipinski definition) is 4. The van der Waals surface area contributed by atoms with Gasteiger partial charge in [0.2, 0.25) is 5.91 Å². The first kappa shape index (κ1) is 15.4. The van der Waals surface area contributed by atoms with Gasteiger partial charge in [0.15, 0.2) is 0 Å². The van der Waals surface area contributed by atoms with Gasteiger partial charge >= 0.3 is 0 Å². The van der Waals surface area contributed by atoms with E-state index in [-0.39, 0.29) is 24.2 Å². The summed E-state index contributed by atoms with van der Waals surface area (Å²) in [4.78, 5) is 18.6. The van der Waals surface area contributed by atoms with E-state index in [0.29, 0.717) is 5.92 Å². The van der Waals surface area contributed by atoms with Crippen LogP contribution in [0.15, 0.2) is 24.5 Å². The zero-order chi connectivity index (χ0) is 15.5. The summed E-state index contributed by atoms with van der Waals surface area (Å²) >= 11 is 0. The number of likely N-dealkylation sites (tertiary alicyclic amines) is 1. The standard InChI is InChI=1S/C17H25N3O2/c1-12(2)19-17(21)15-9-14-5-8-20(11-16(14)22-15)10-13-3-6-18-7-4-13/h3-4,6-7,12,14-16H,5,8-11H2,1-2H3,(H,19,21)/t14-,15-,16+/m0/s1. The number of aromatic nitrogens is 1. The number of piperidine rings is 1. The van der Waals surface area contributed by atoms with E-state index < -0.39 is 0 Å². The van der Waals surface area contributed by atoms with Gasteiger partial charge in [-0.1, -0.05) is 0 Å². The fraction of sp³-hybridized carbons (Fsp3) is 0.647. The molecule has 5 nitrogen and oxygen atoms in total. The first-order chi connectivity index (χ1) is 10.6. The highest BCUT2D eigenvalue weighted by Gasteiger charge is 2.41. The summed E-state index contributed by atoms with van der Waals surface area (Å²) in [5, 5.41) is 2.96. The van der Waals surface area contributed by atoms with Crippen LogP contribution in [0.4, 0.5) is 0 Å². The van der Waals surface area contributed by atoms with Crippen LogP contribution in [0.3, 0.4) is 0 Å². The Morgan fingerprint density at radius 2 is 2.23 bits per heavy atom. The second-order valence-corrected chi connectivity index (χ2v) is 6.70. The lowest BCUT2D eigenvalue weighted by atomic mass is 9.91. The maximum Gasteiger partial charge on any atom is 0.249 e. The summed E-state index contributed by atoms with van der Waals surface area (Å²) in [7, 11) is 0. The van der Waals surface area contributed by atoms with E-state index in [9.17, 15) is 4.79 Å². The van der Waals surface area contributed by atoms with Crippen molar-refractivity contribution in [1.29, 1.82) is 0 Å². The number of pyridine rings is 1. The van der Waals surface area contributed by atoms with Crippen molar-refractivity contribution in [3.63, 3.8) is 0 Å². The fourth-order valence-electron chi connectivity index (χ4n) is 3.43. The molecule has 2 fully saturated rings. The molecule has 22 heavy (non-hydrogen) atoms. The quantitative estimate of drug-likeness (QED) is 0.918. The zero-order valence-electron chi connectivity index (χ0n) is 13.4. The van der Waals surface area contributed by atoms with Gasteiger partial charge in [-0.3, -0.25) is 14.7 Å². The summed E-state index contributed by atoms with van der Waals surface area (Å²) < 4.78 is 6.03. The topological polar surface area (TPSA) is 54.5 Å². The lowest BCUT2D eigenvalue weighted by Gasteiger charge is -2.34. The maximum atomic E-state index is 12.1. The third-order valence-electron chi connectivity index (χ3n) is 4.51. The first-order valence-electron chi connectivity index (χ1n) is 8.19. The third-order valence-corrected chi connectivity index (χ3v) is 4.51. The van der Waals surface area contributed by atoms with Gasteiger partial charge in [-0.2, -0.15) is 0 Å². The maximum absolute atomic E-state index is 12.1. The Kier molecular flexibility index (Phi) is 4.74. The van der Waals surface area contributed by atoms with Gasteiger partial charge in [0.1, 0.15) is 6.10 Å². The van der Waals surface area contributed by atoms with E-state index in [1.807, 2.05) is 26.2 Å². The van der Waals surface area contributed by atoms with Crippen molar-refractivity contribution in [3.05, 3.63) is 30.1 Å². The monoisotopic (exact) mass is 303 g/mol. The summed E-state index contributed by atoms with van der Waals surface area (Å²) in [6.45, 7) is 6.88. The Balaban J connectivity index is 1.54. The van der Waals surface area contributed by atoms with Crippen LogP contribution >= 0.6 is 0 Å². The largest absolute Gasteiger partial charge is 0.364 e. The van der Waals surface area contributed by atoms with Crippen LogP contribution in [0.25, 0.3) is 0 Å². The number of nitrogens with one attached hydrogen (secondary N) is 1. The molecular weight excluding hydrogens is 278 g/mol. The highest BCUT2D eigenvalue weighted by Crippen LogP contribution is 2.33. The summed E-state index contributed by atoms with van der Waals surface area (Å²) in [5.41, 5.74) is 1.28. The number of amides is 1. The van der Waals surface area contributed by atoms with Crippen molar-refractivity contribution >= 4 is 5.91 Å². The van der Waals surface area contributed by atoms with Gasteiger partial charge in [0, 0.05) is 31.5 Å². The highest BCUT2D eigenvalue weighted by molar-refractivity contribution is 5.81. The van der Waals surface area contributed by atoms with Gasteiger partial charge in [-0.05, 0) is 56.8 Å². The second kappa shape index (κ2) is 6.75. The van der Waals surface area contributed by atoms with Crippen molar-refractivity contribution in [1.82, 2.24) is 15.2 Å². The van der Waals surface area contributed by atoms with Crippen LogP contribution in [0.1, 0.15) is 32.3 Å². The molecule has 2 saturated heterocycles. The molecule has 0 aliphatic carbocycles. The van der Waals surface area contributed by atoms with Crippen molar-refractivity contribution < 1.29 is 9.53 Å². The number of carbonyl (C=O) groups is 1. The molecule has 2 aliphatic heterocycles. The highest BCUT2D eigenvalue weighted by atomic mass is 16.5. The predicted molar refractivity (Wildman–Crippen MR) is 84.2 cm³/mol. The minimum Gasteiger partial charge on any atom is -0.364 e. The van der Waals surface area contributed by atoms with E-state index in [2.05, 4.69) is 27.3 Å². The number of rotatable bonds is 4. The number of fused-ring (bicyclic) bond motifs is 1. The smallest absolute Gasteiger partial charge is 0.249 e. The minimum atomic E-state index is -0.265. The van der Waals surface area contributed by atoms with E-state index in [4.69, 9.17) is 4.74 Å². The molecule has 3 heterocycles. The number of ether oxygens (including phenoxy) is 1. The van der Waals surface area contributed by atoms with Crippen molar-refractivity contribution in [2.24, 2.45) is 5.92 Å². The summed E-state index contributed by atoms with van der Waals surface area (Å²) in [6.07, 6.45) is 5.57. The van der Waals surface area contributed by atoms with E-state index in [0.717, 1.165) is 32.5 Å². The lowest BCUT2D eigenvalue weighted by Crippen LogP contribution is -2.42. The average molecular weight is 303 g/mol. The molecule has 0 aromatic carbocycles. The molecule has 1 amide bonds. The van der Waals surface area contributed by atoms with Gasteiger partial charge in [-0.25, -0.2) is 0 Å². The van der Waals surface area contributed by atoms with Crippen LogP contribution < -0.4 is 5.32 Å². The molecule has 3 atom stereocenters. The van der Waals surface area contributed by atoms with Crippen molar-refractivity contribution in [3.8, 4) is 0 Å². The molecule has 3 rings (SSSR count). The molecule has 2 aliphatic rings. The van der Waals surface area contributed by atoms with E-state index in [1.54, 1.807) is 0 Å². The normalized spacial score (nSPS) is 28.6. The van der Waals surface area contributed by atoms with Crippen LogP contribution in [0.2, 0.25) is 0 Å². The molecule has 1 N–H and O–H groups in total. The molecular formula is C17H25N3O2. The third kappa shape index (κ3) is 3.65. The molecule has 120 valence electrons. The van der Waals surface area contributed by atoms with Crippen molar-refractivity contribution in [2.75, 3.05) is 13.1 Å². The lowest BCUT2D eigenvalue weighted by molar-refractivity contribution is -0.133. The average Bonchev–Trinajstić information content (AvgIpc) is 2.91. The van der Waals surface area contributed by atoms with Crippen molar-refractivity contribution in [2.45, 2.75) is 51.5 Å². The number of hydrogen-bond donors (Lipinski definition) is 1. The SMILES string of the molecule is CC(C)NC(=O)[C@@H]1C[C@@H]2CCN(Cc3ccncc3)C[C@H]2O1. The molecule has 1 aromatic heterocycles. The van der Waals surface area contributed by atoms with Crippen LogP contribution in [0.5, 0.6) is 0 Å². The molecule has 0 saturated carbocycles. The Bertz CT molecular complexity index is 506. The van der Waals surface area contributed by atoms with Crippen LogP contribution in [-0.2, 0) is 16.1 Å². The molecule has 1 aromatic rings. The Morgan fingerprint density at radius 1 is 1.45 bits per heavy atom. The van der Waals surface area contributed by atoms with Gasteiger partial charge < -0.3 is 10.1 Å². The molecule has 0 unspecified atom stereocenters. The minimum absolute atomic E-state index is 0.0464. The molecule has 0 radical (unpaired) electrons. The Labute approximate surface area is 132 Å². The second-order valence-electron chi connectivity index (χ2n) is 6.70. The summed E-state index contributed by atoms with van der Waals surface area (Å²) in [6, 6.07) is 4.28. The first-order valence-corrected chi connectivity index (χ1v) is 8.19. The number of carbonyl (C=O) groups excluding carboxylic acids is 1. The molecule has 0 spiro atoms. The Morgan fingerprint density at radius 3 is 2.95 bits per heavy atom. The molecule has 5 heteroatoms. The van der Waals surface area contributed by atoms with Crippen LogP contribution in [0, 0.1) is 5.92 Å².